The summed E-state index contributed by atoms with van der Waals surface area (Å²) in [6, 6.07) is 4.11. The third-order valence-electron chi connectivity index (χ3n) is 4.67. The lowest BCUT2D eigenvalue weighted by Gasteiger charge is -2.32. The van der Waals surface area contributed by atoms with E-state index in [-0.39, 0.29) is 18.3 Å². The van der Waals surface area contributed by atoms with E-state index in [0.29, 0.717) is 0 Å². The van der Waals surface area contributed by atoms with Gasteiger partial charge in [-0.3, -0.25) is 0 Å². The molecule has 1 aliphatic heterocycles. The summed E-state index contributed by atoms with van der Waals surface area (Å²) in [5.41, 5.74) is 1.43. The molecule has 0 radical (unpaired) electrons. The van der Waals surface area contributed by atoms with Gasteiger partial charge in [0.2, 0.25) is 0 Å². The van der Waals surface area contributed by atoms with Crippen LogP contribution in [0.15, 0.2) is 24.5 Å². The first-order valence-electron chi connectivity index (χ1n) is 7.65. The van der Waals surface area contributed by atoms with Crippen LogP contribution in [0.2, 0.25) is 0 Å². The Morgan fingerprint density at radius 2 is 1.81 bits per heavy atom. The number of hydrogen-bond acceptors (Lipinski definition) is 3. The highest BCUT2D eigenvalue weighted by Gasteiger charge is 2.52. The van der Waals surface area contributed by atoms with Crippen LogP contribution in [0.1, 0.15) is 41.0 Å². The van der Waals surface area contributed by atoms with Crippen molar-refractivity contribution in [2.24, 2.45) is 0 Å². The molecule has 0 bridgehead atoms. The molecule has 0 aromatic carbocycles. The summed E-state index contributed by atoms with van der Waals surface area (Å²) in [4.78, 5) is 4.52. The van der Waals surface area contributed by atoms with Gasteiger partial charge < -0.3 is 13.9 Å². The van der Waals surface area contributed by atoms with E-state index in [2.05, 4.69) is 56.4 Å². The quantitative estimate of drug-likeness (QED) is 0.814. The van der Waals surface area contributed by atoms with Crippen molar-refractivity contribution in [1.29, 1.82) is 0 Å². The Kier molecular flexibility index (Phi) is 3.37. The van der Waals surface area contributed by atoms with Crippen LogP contribution in [0.4, 0.5) is 0 Å². The van der Waals surface area contributed by atoms with Gasteiger partial charge in [0.05, 0.1) is 11.2 Å². The maximum atomic E-state index is 6.17. The Bertz CT molecular complexity index is 647. The zero-order valence-corrected chi connectivity index (χ0v) is 13.5. The Labute approximate surface area is 126 Å². The number of aromatic nitrogens is 2. The third kappa shape index (κ3) is 2.28. The molecule has 2 aromatic rings. The molecular formula is C16H23BN2O2. The summed E-state index contributed by atoms with van der Waals surface area (Å²) < 4.78 is 14.5. The molecule has 0 spiro atoms. The number of aryl methyl sites for hydroxylation is 1. The summed E-state index contributed by atoms with van der Waals surface area (Å²) in [5, 5.41) is 1.12. The normalized spacial score (nSPS) is 20.3. The minimum atomic E-state index is -0.335. The monoisotopic (exact) mass is 286 g/mol. The zero-order chi connectivity index (χ0) is 15.3. The van der Waals surface area contributed by atoms with Gasteiger partial charge in [0.15, 0.2) is 0 Å². The van der Waals surface area contributed by atoms with Crippen LogP contribution in [0.25, 0.3) is 11.0 Å². The Hall–Kier alpha value is -1.33. The lowest BCUT2D eigenvalue weighted by Crippen LogP contribution is -2.41. The standard InChI is InChI=1S/C16H23BN2O2/c1-6-10-19-11-8-12-13(7-9-18-14(12)19)17-20-15(2,3)16(4,5)21-17/h7-9,11H,6,10H2,1-5H3. The molecule has 0 N–H and O–H groups in total. The molecule has 4 nitrogen and oxygen atoms in total. The van der Waals surface area contributed by atoms with E-state index in [0.717, 1.165) is 29.5 Å². The number of pyridine rings is 1. The van der Waals surface area contributed by atoms with E-state index < -0.39 is 0 Å². The molecule has 0 unspecified atom stereocenters. The molecule has 3 heterocycles. The third-order valence-corrected chi connectivity index (χ3v) is 4.67. The van der Waals surface area contributed by atoms with Crippen molar-refractivity contribution in [1.82, 2.24) is 9.55 Å². The molecule has 0 atom stereocenters. The molecule has 21 heavy (non-hydrogen) atoms. The second-order valence-corrected chi connectivity index (χ2v) is 6.73. The molecule has 5 heteroatoms. The zero-order valence-electron chi connectivity index (χ0n) is 13.5. The topological polar surface area (TPSA) is 36.3 Å². The summed E-state index contributed by atoms with van der Waals surface area (Å²) in [5.74, 6) is 0. The van der Waals surface area contributed by atoms with Gasteiger partial charge in [-0.15, -0.1) is 0 Å². The van der Waals surface area contributed by atoms with E-state index in [1.165, 1.54) is 0 Å². The second-order valence-electron chi connectivity index (χ2n) is 6.73. The van der Waals surface area contributed by atoms with Crippen LogP contribution in [-0.2, 0) is 15.9 Å². The minimum absolute atomic E-state index is 0.320. The molecule has 1 aliphatic rings. The van der Waals surface area contributed by atoms with Crippen LogP contribution in [0.5, 0.6) is 0 Å². The molecule has 0 amide bonds. The molecule has 1 fully saturated rings. The maximum absolute atomic E-state index is 6.17. The SMILES string of the molecule is CCCn1ccc2c(B3OC(C)(C)C(C)(C)O3)ccnc21. The first-order valence-corrected chi connectivity index (χ1v) is 7.65. The lowest BCUT2D eigenvalue weighted by molar-refractivity contribution is 0.00578. The van der Waals surface area contributed by atoms with Gasteiger partial charge in [-0.05, 0) is 51.7 Å². The Morgan fingerprint density at radius 1 is 1.14 bits per heavy atom. The number of fused-ring (bicyclic) bond motifs is 1. The first kappa shape index (κ1) is 14.6. The highest BCUT2D eigenvalue weighted by atomic mass is 16.7. The highest BCUT2D eigenvalue weighted by Crippen LogP contribution is 2.36. The summed E-state index contributed by atoms with van der Waals surface area (Å²) in [6.45, 7) is 11.5. The van der Waals surface area contributed by atoms with E-state index in [9.17, 15) is 0 Å². The van der Waals surface area contributed by atoms with Crippen molar-refractivity contribution < 1.29 is 9.31 Å². The molecule has 2 aromatic heterocycles. The number of nitrogens with zero attached hydrogens (tertiary/aromatic N) is 2. The highest BCUT2D eigenvalue weighted by molar-refractivity contribution is 6.65. The van der Waals surface area contributed by atoms with E-state index >= 15 is 0 Å². The second kappa shape index (κ2) is 4.85. The van der Waals surface area contributed by atoms with Gasteiger partial charge in [-0.2, -0.15) is 0 Å². The van der Waals surface area contributed by atoms with Crippen LogP contribution in [0.3, 0.4) is 0 Å². The molecule has 0 aliphatic carbocycles. The number of rotatable bonds is 3. The van der Waals surface area contributed by atoms with Crippen molar-refractivity contribution >= 4 is 23.6 Å². The molecule has 112 valence electrons. The van der Waals surface area contributed by atoms with Gasteiger partial charge in [0.1, 0.15) is 5.65 Å². The van der Waals surface area contributed by atoms with Crippen molar-refractivity contribution in [3.63, 3.8) is 0 Å². The van der Waals surface area contributed by atoms with Crippen molar-refractivity contribution in [2.45, 2.75) is 58.8 Å². The predicted molar refractivity (Wildman–Crippen MR) is 85.7 cm³/mol. The Balaban J connectivity index is 2.03. The van der Waals surface area contributed by atoms with Gasteiger partial charge >= 0.3 is 7.12 Å². The predicted octanol–water partition coefficient (Wildman–Crippen LogP) is 2.75. The van der Waals surface area contributed by atoms with Crippen LogP contribution in [-0.4, -0.2) is 27.9 Å². The fourth-order valence-electron chi connectivity index (χ4n) is 2.71. The maximum Gasteiger partial charge on any atom is 0.495 e. The van der Waals surface area contributed by atoms with Crippen LogP contribution < -0.4 is 5.46 Å². The largest absolute Gasteiger partial charge is 0.495 e. The molecule has 3 rings (SSSR count). The minimum Gasteiger partial charge on any atom is -0.399 e. The fraction of sp³-hybridized carbons (Fsp3) is 0.562. The summed E-state index contributed by atoms with van der Waals surface area (Å²) in [7, 11) is -0.335. The smallest absolute Gasteiger partial charge is 0.399 e. The van der Waals surface area contributed by atoms with Gasteiger partial charge in [0, 0.05) is 24.3 Å². The molecule has 1 saturated heterocycles. The summed E-state index contributed by atoms with van der Waals surface area (Å²) in [6.07, 6.45) is 5.02. The first-order chi connectivity index (χ1) is 9.86. The van der Waals surface area contributed by atoms with Gasteiger partial charge in [0.25, 0.3) is 0 Å². The lowest BCUT2D eigenvalue weighted by atomic mass is 9.78. The van der Waals surface area contributed by atoms with E-state index in [1.807, 2.05) is 12.3 Å². The van der Waals surface area contributed by atoms with Crippen molar-refractivity contribution in [3.8, 4) is 0 Å². The molecule has 0 saturated carbocycles. The van der Waals surface area contributed by atoms with Crippen molar-refractivity contribution in [2.75, 3.05) is 0 Å². The van der Waals surface area contributed by atoms with E-state index in [4.69, 9.17) is 9.31 Å². The average Bonchev–Trinajstić information content (AvgIpc) is 2.89. The number of hydrogen-bond donors (Lipinski definition) is 0. The van der Waals surface area contributed by atoms with Gasteiger partial charge in [-0.25, -0.2) is 4.98 Å². The van der Waals surface area contributed by atoms with E-state index in [1.54, 1.807) is 0 Å². The van der Waals surface area contributed by atoms with Crippen molar-refractivity contribution in [3.05, 3.63) is 24.5 Å². The fourth-order valence-corrected chi connectivity index (χ4v) is 2.71. The average molecular weight is 286 g/mol. The molecular weight excluding hydrogens is 263 g/mol. The van der Waals surface area contributed by atoms with Crippen LogP contribution >= 0.6 is 0 Å². The van der Waals surface area contributed by atoms with Crippen LogP contribution in [0, 0.1) is 0 Å². The Morgan fingerprint density at radius 3 is 2.43 bits per heavy atom. The summed E-state index contributed by atoms with van der Waals surface area (Å²) >= 11 is 0. The van der Waals surface area contributed by atoms with Gasteiger partial charge in [-0.1, -0.05) is 6.92 Å².